The van der Waals surface area contributed by atoms with Gasteiger partial charge in [-0.1, -0.05) is 0 Å². The Hall–Kier alpha value is -1.30. The number of aromatic nitrogens is 1. The van der Waals surface area contributed by atoms with Crippen molar-refractivity contribution >= 4 is 21.8 Å². The van der Waals surface area contributed by atoms with Crippen molar-refractivity contribution in [3.63, 3.8) is 0 Å². The molecular formula is C18H23BrN2O3. The third-order valence-electron chi connectivity index (χ3n) is 5.97. The molecule has 0 spiro atoms. The summed E-state index contributed by atoms with van der Waals surface area (Å²) < 4.78 is 8.33. The first kappa shape index (κ1) is 16.2. The fourth-order valence-corrected chi connectivity index (χ4v) is 4.79. The summed E-state index contributed by atoms with van der Waals surface area (Å²) in [5.41, 5.74) is -0.0693. The van der Waals surface area contributed by atoms with E-state index in [1.165, 1.54) is 10.6 Å². The van der Waals surface area contributed by atoms with E-state index in [-0.39, 0.29) is 29.0 Å². The molecule has 1 aromatic rings. The molecule has 5 nitrogen and oxygen atoms in total. The zero-order valence-electron chi connectivity index (χ0n) is 13.9. The lowest BCUT2D eigenvalue weighted by atomic mass is 9.44. The summed E-state index contributed by atoms with van der Waals surface area (Å²) in [4.78, 5) is 24.1. The summed E-state index contributed by atoms with van der Waals surface area (Å²) in [5.74, 6) is 1.72. The van der Waals surface area contributed by atoms with E-state index < -0.39 is 0 Å². The van der Waals surface area contributed by atoms with Gasteiger partial charge in [0.2, 0.25) is 5.91 Å². The summed E-state index contributed by atoms with van der Waals surface area (Å²) in [5, 5.41) is 3.25. The molecule has 4 aliphatic rings. The van der Waals surface area contributed by atoms with E-state index in [0.717, 1.165) is 55.3 Å². The molecule has 24 heavy (non-hydrogen) atoms. The number of ether oxygens (including phenoxy) is 1. The van der Waals surface area contributed by atoms with Crippen molar-refractivity contribution in [2.75, 3.05) is 0 Å². The van der Waals surface area contributed by atoms with Crippen molar-refractivity contribution in [2.24, 2.45) is 18.4 Å². The van der Waals surface area contributed by atoms with E-state index in [1.54, 1.807) is 13.2 Å². The van der Waals surface area contributed by atoms with E-state index in [1.807, 2.05) is 0 Å². The molecule has 130 valence electrons. The van der Waals surface area contributed by atoms with E-state index in [4.69, 9.17) is 4.74 Å². The molecule has 6 heteroatoms. The first-order chi connectivity index (χ1) is 11.4. The van der Waals surface area contributed by atoms with Gasteiger partial charge in [-0.15, -0.1) is 0 Å². The maximum absolute atomic E-state index is 12.4. The number of pyridine rings is 1. The molecule has 0 radical (unpaired) electrons. The van der Waals surface area contributed by atoms with Crippen molar-refractivity contribution in [1.29, 1.82) is 0 Å². The van der Waals surface area contributed by atoms with Crippen LogP contribution in [-0.4, -0.2) is 22.6 Å². The van der Waals surface area contributed by atoms with E-state index in [0.29, 0.717) is 5.75 Å². The Balaban J connectivity index is 1.29. The molecule has 2 bridgehead atoms. The first-order valence-corrected chi connectivity index (χ1v) is 9.58. The van der Waals surface area contributed by atoms with Crippen LogP contribution >= 0.6 is 15.9 Å². The van der Waals surface area contributed by atoms with Crippen molar-refractivity contribution in [3.8, 4) is 5.75 Å². The maximum atomic E-state index is 12.4. The molecular weight excluding hydrogens is 372 g/mol. The van der Waals surface area contributed by atoms with Crippen LogP contribution in [0.2, 0.25) is 0 Å². The Morgan fingerprint density at radius 2 is 1.96 bits per heavy atom. The fraction of sp³-hybridized carbons (Fsp3) is 0.667. The second kappa shape index (κ2) is 5.90. The predicted molar refractivity (Wildman–Crippen MR) is 94.0 cm³/mol. The topological polar surface area (TPSA) is 60.3 Å². The molecule has 1 aromatic heterocycles. The van der Waals surface area contributed by atoms with Gasteiger partial charge in [0.1, 0.15) is 5.75 Å². The molecule has 0 saturated heterocycles. The molecule has 0 atom stereocenters. The zero-order valence-corrected chi connectivity index (χ0v) is 15.5. The average Bonchev–Trinajstić information content (AvgIpc) is 2.43. The van der Waals surface area contributed by atoms with Crippen molar-refractivity contribution in [2.45, 2.75) is 57.1 Å². The minimum Gasteiger partial charge on any atom is -0.489 e. The highest BCUT2D eigenvalue weighted by molar-refractivity contribution is 9.10. The zero-order chi connectivity index (χ0) is 16.9. The second-order valence-corrected chi connectivity index (χ2v) is 8.61. The number of hydrogen-bond donors (Lipinski definition) is 1. The number of carbonyl (C=O) groups is 1. The van der Waals surface area contributed by atoms with Gasteiger partial charge in [0.15, 0.2) is 0 Å². The lowest BCUT2D eigenvalue weighted by Gasteiger charge is -2.60. The van der Waals surface area contributed by atoms with Gasteiger partial charge in [0.05, 0.1) is 10.6 Å². The number of aryl methyl sites for hydroxylation is 1. The molecule has 4 fully saturated rings. The van der Waals surface area contributed by atoms with Gasteiger partial charge in [0.25, 0.3) is 5.56 Å². The molecule has 1 heterocycles. The molecule has 4 saturated carbocycles. The number of nitrogens with zero attached hydrogens (tertiary/aromatic N) is 1. The second-order valence-electron chi connectivity index (χ2n) is 7.76. The van der Waals surface area contributed by atoms with Crippen LogP contribution in [0.5, 0.6) is 5.75 Å². The van der Waals surface area contributed by atoms with Crippen LogP contribution in [0.4, 0.5) is 0 Å². The Labute approximate surface area is 149 Å². The molecule has 0 unspecified atom stereocenters. The fourth-order valence-electron chi connectivity index (χ4n) is 4.27. The normalized spacial score (nSPS) is 34.0. The summed E-state index contributed by atoms with van der Waals surface area (Å²) in [7, 11) is 1.72. The Kier molecular flexibility index (Phi) is 3.98. The van der Waals surface area contributed by atoms with Crippen LogP contribution < -0.4 is 15.6 Å². The van der Waals surface area contributed by atoms with Crippen LogP contribution in [0.25, 0.3) is 0 Å². The van der Waals surface area contributed by atoms with Gasteiger partial charge < -0.3 is 14.6 Å². The highest BCUT2D eigenvalue weighted by atomic mass is 79.9. The van der Waals surface area contributed by atoms with Crippen molar-refractivity contribution in [3.05, 3.63) is 27.1 Å². The minimum atomic E-state index is -0.0762. The maximum Gasteiger partial charge on any atom is 0.254 e. The summed E-state index contributed by atoms with van der Waals surface area (Å²) in [6, 6.07) is 1.80. The Morgan fingerprint density at radius 3 is 2.54 bits per heavy atom. The van der Waals surface area contributed by atoms with Crippen LogP contribution in [-0.2, 0) is 11.8 Å². The van der Waals surface area contributed by atoms with Gasteiger partial charge in [-0.2, -0.15) is 0 Å². The highest BCUT2D eigenvalue weighted by Gasteiger charge is 2.61. The monoisotopic (exact) mass is 394 g/mol. The Bertz CT molecular complexity index is 704. The largest absolute Gasteiger partial charge is 0.489 e. The van der Waals surface area contributed by atoms with Crippen LogP contribution in [0.1, 0.15) is 44.9 Å². The minimum absolute atomic E-state index is 0.00692. The lowest BCUT2D eigenvalue weighted by molar-refractivity contribution is -0.166. The lowest BCUT2D eigenvalue weighted by Crippen LogP contribution is -2.61. The molecule has 0 aliphatic heterocycles. The molecule has 5 rings (SSSR count). The van der Waals surface area contributed by atoms with Crippen LogP contribution in [0, 0.1) is 11.3 Å². The predicted octanol–water partition coefficient (Wildman–Crippen LogP) is 2.75. The number of amides is 1. The first-order valence-electron chi connectivity index (χ1n) is 8.79. The highest BCUT2D eigenvalue weighted by Crippen LogP contribution is 2.64. The number of rotatable bonds is 4. The average molecular weight is 395 g/mol. The van der Waals surface area contributed by atoms with Gasteiger partial charge in [-0.05, 0) is 66.8 Å². The molecule has 4 aliphatic carbocycles. The van der Waals surface area contributed by atoms with Gasteiger partial charge in [0, 0.05) is 30.8 Å². The summed E-state index contributed by atoms with van der Waals surface area (Å²) in [6.07, 6.45) is 8.85. The Morgan fingerprint density at radius 1 is 1.29 bits per heavy atom. The van der Waals surface area contributed by atoms with Crippen LogP contribution in [0.3, 0.4) is 0 Å². The summed E-state index contributed by atoms with van der Waals surface area (Å²) in [6.45, 7) is 0. The summed E-state index contributed by atoms with van der Waals surface area (Å²) >= 11 is 3.45. The molecule has 1 amide bonds. The standard InChI is InChI=1S/C18H23BrN2O3/c1-21-10-14(19)15(6-16(21)22)24-13-4-2-12(3-5-13)20-17(23)18-7-11(8-18)9-18/h6,10-13H,2-5,7-9H2,1H3,(H,20,23)/t11?,12-,13-,18?. The van der Waals surface area contributed by atoms with E-state index in [2.05, 4.69) is 21.2 Å². The van der Waals surface area contributed by atoms with Gasteiger partial charge >= 0.3 is 0 Å². The molecule has 0 aromatic carbocycles. The number of hydrogen-bond acceptors (Lipinski definition) is 3. The number of halogens is 1. The van der Waals surface area contributed by atoms with Gasteiger partial charge in [-0.25, -0.2) is 0 Å². The van der Waals surface area contributed by atoms with E-state index >= 15 is 0 Å². The molecule has 1 N–H and O–H groups in total. The van der Waals surface area contributed by atoms with Crippen molar-refractivity contribution < 1.29 is 9.53 Å². The number of nitrogens with one attached hydrogen (secondary N) is 1. The van der Waals surface area contributed by atoms with Gasteiger partial charge in [-0.3, -0.25) is 9.59 Å². The SMILES string of the molecule is Cn1cc(Br)c(O[C@H]2CC[C@H](NC(=O)C34CC(C3)C4)CC2)cc1=O. The third kappa shape index (κ3) is 2.79. The smallest absolute Gasteiger partial charge is 0.254 e. The number of carbonyl (C=O) groups excluding carboxylic acids is 1. The van der Waals surface area contributed by atoms with Crippen molar-refractivity contribution in [1.82, 2.24) is 9.88 Å². The van der Waals surface area contributed by atoms with Crippen LogP contribution in [0.15, 0.2) is 21.5 Å². The van der Waals surface area contributed by atoms with E-state index in [9.17, 15) is 9.59 Å². The third-order valence-corrected chi connectivity index (χ3v) is 6.56. The quantitative estimate of drug-likeness (QED) is 0.853.